The Hall–Kier alpha value is -2.71. The molecule has 0 spiro atoms. The monoisotopic (exact) mass is 423 g/mol. The van der Waals surface area contributed by atoms with Gasteiger partial charge in [0, 0.05) is 18.7 Å². The van der Waals surface area contributed by atoms with Crippen LogP contribution in [0.15, 0.2) is 36.4 Å². The second-order valence-electron chi connectivity index (χ2n) is 7.40. The van der Waals surface area contributed by atoms with Crippen molar-refractivity contribution >= 4 is 40.5 Å². The summed E-state index contributed by atoms with van der Waals surface area (Å²) >= 11 is 1.95. The van der Waals surface area contributed by atoms with Crippen molar-refractivity contribution in [3.63, 3.8) is 0 Å². The predicted octanol–water partition coefficient (Wildman–Crippen LogP) is 3.47. The second-order valence-corrected chi connectivity index (χ2v) is 8.98. The van der Waals surface area contributed by atoms with E-state index in [1.807, 2.05) is 11.0 Å². The first-order valence-corrected chi connectivity index (χ1v) is 11.1. The number of carbonyl (C=O) groups excluding carboxylic acids is 3. The first-order valence-electron chi connectivity index (χ1n) is 9.51. The molecule has 1 aliphatic carbocycles. The van der Waals surface area contributed by atoms with Gasteiger partial charge in [0.2, 0.25) is 11.6 Å². The van der Waals surface area contributed by atoms with Crippen LogP contribution < -0.4 is 0 Å². The molecule has 29 heavy (non-hydrogen) atoms. The number of hydrogen-bond donors (Lipinski definition) is 0. The zero-order chi connectivity index (χ0) is 20.0. The highest BCUT2D eigenvalue weighted by Gasteiger charge is 2.37. The predicted molar refractivity (Wildman–Crippen MR) is 110 cm³/mol. The molecule has 0 N–H and O–H groups in total. The van der Waals surface area contributed by atoms with Gasteiger partial charge in [-0.15, -0.1) is 11.3 Å². The molecule has 2 aliphatic rings. The average molecular weight is 424 g/mol. The van der Waals surface area contributed by atoms with Crippen molar-refractivity contribution in [1.82, 2.24) is 13.6 Å². The molecule has 3 heterocycles. The third-order valence-electron chi connectivity index (χ3n) is 5.58. The lowest BCUT2D eigenvalue weighted by Crippen LogP contribution is -2.38. The molecule has 5 rings (SSSR count). The highest BCUT2D eigenvalue weighted by Crippen LogP contribution is 2.33. The van der Waals surface area contributed by atoms with Gasteiger partial charge in [-0.2, -0.15) is 8.75 Å². The standard InChI is InChI=1S/C21H17N3O3S2/c25-18-14-11-15(28-20(14)19(26)17-16(18)22-29-23-17)21(27)24-8-6-13(7-9-24)10-12-4-2-1-3-5-12/h1-5,11,13H,6-10H2. The van der Waals surface area contributed by atoms with Crippen molar-refractivity contribution in [2.45, 2.75) is 19.3 Å². The van der Waals surface area contributed by atoms with Crippen molar-refractivity contribution in [3.05, 3.63) is 68.7 Å². The minimum Gasteiger partial charge on any atom is -0.338 e. The number of rotatable bonds is 3. The molecule has 6 nitrogen and oxygen atoms in total. The van der Waals surface area contributed by atoms with E-state index in [0.29, 0.717) is 28.8 Å². The molecule has 0 saturated carbocycles. The van der Waals surface area contributed by atoms with Crippen molar-refractivity contribution in [1.29, 1.82) is 0 Å². The van der Waals surface area contributed by atoms with E-state index in [1.165, 1.54) is 5.56 Å². The van der Waals surface area contributed by atoms with Gasteiger partial charge in [0.15, 0.2) is 11.4 Å². The van der Waals surface area contributed by atoms with Crippen LogP contribution in [0.4, 0.5) is 0 Å². The van der Waals surface area contributed by atoms with Crippen LogP contribution in [-0.4, -0.2) is 44.2 Å². The number of carbonyl (C=O) groups is 3. The summed E-state index contributed by atoms with van der Waals surface area (Å²) in [5.74, 6) is -0.171. The summed E-state index contributed by atoms with van der Waals surface area (Å²) in [6.45, 7) is 1.38. The Morgan fingerprint density at radius 2 is 1.72 bits per heavy atom. The number of nitrogens with zero attached hydrogens (tertiary/aromatic N) is 3. The quantitative estimate of drug-likeness (QED) is 0.504. The van der Waals surface area contributed by atoms with Gasteiger partial charge in [0.1, 0.15) is 0 Å². The molecule has 2 aromatic heterocycles. The second kappa shape index (κ2) is 7.27. The highest BCUT2D eigenvalue weighted by atomic mass is 32.1. The lowest BCUT2D eigenvalue weighted by Gasteiger charge is -2.31. The summed E-state index contributed by atoms with van der Waals surface area (Å²) in [4.78, 5) is 40.7. The van der Waals surface area contributed by atoms with Gasteiger partial charge in [-0.05, 0) is 36.8 Å². The molecule has 1 amide bonds. The molecule has 0 unspecified atom stereocenters. The smallest absolute Gasteiger partial charge is 0.263 e. The summed E-state index contributed by atoms with van der Waals surface area (Å²) in [7, 11) is 0. The summed E-state index contributed by atoms with van der Waals surface area (Å²) < 4.78 is 7.89. The van der Waals surface area contributed by atoms with E-state index < -0.39 is 0 Å². The fourth-order valence-electron chi connectivity index (χ4n) is 4.00. The number of ketones is 2. The molecule has 1 fully saturated rings. The molecule has 0 bridgehead atoms. The first kappa shape index (κ1) is 18.3. The summed E-state index contributed by atoms with van der Waals surface area (Å²) in [5.41, 5.74) is 1.82. The third-order valence-corrected chi connectivity index (χ3v) is 7.23. The van der Waals surface area contributed by atoms with E-state index in [1.54, 1.807) is 6.07 Å². The molecule has 1 saturated heterocycles. The zero-order valence-electron chi connectivity index (χ0n) is 15.5. The van der Waals surface area contributed by atoms with Crippen LogP contribution in [0.5, 0.6) is 0 Å². The van der Waals surface area contributed by atoms with Gasteiger partial charge in [-0.1, -0.05) is 30.3 Å². The van der Waals surface area contributed by atoms with Gasteiger partial charge in [0.25, 0.3) is 5.91 Å². The molecule has 3 aromatic rings. The number of amides is 1. The van der Waals surface area contributed by atoms with Crippen molar-refractivity contribution in [3.8, 4) is 0 Å². The Balaban J connectivity index is 1.29. The maximum atomic E-state index is 13.0. The zero-order valence-corrected chi connectivity index (χ0v) is 17.1. The van der Waals surface area contributed by atoms with Gasteiger partial charge in [0.05, 0.1) is 21.5 Å². The van der Waals surface area contributed by atoms with Crippen molar-refractivity contribution < 1.29 is 14.4 Å². The van der Waals surface area contributed by atoms with Crippen LogP contribution >= 0.6 is 23.1 Å². The number of thiophene rings is 1. The number of hydrogen-bond acceptors (Lipinski definition) is 7. The molecule has 1 aromatic carbocycles. The summed E-state index contributed by atoms with van der Waals surface area (Å²) in [6.07, 6.45) is 2.93. The minimum absolute atomic E-state index is 0.103. The Morgan fingerprint density at radius 1 is 1.03 bits per heavy atom. The normalized spacial score (nSPS) is 16.6. The lowest BCUT2D eigenvalue weighted by molar-refractivity contribution is 0.0695. The number of aromatic nitrogens is 2. The Kier molecular flexibility index (Phi) is 4.60. The number of piperidine rings is 1. The summed E-state index contributed by atoms with van der Waals surface area (Å²) in [6, 6.07) is 12.0. The molecule has 146 valence electrons. The summed E-state index contributed by atoms with van der Waals surface area (Å²) in [5, 5.41) is 0. The van der Waals surface area contributed by atoms with E-state index in [9.17, 15) is 14.4 Å². The molecular weight excluding hydrogens is 406 g/mol. The van der Waals surface area contributed by atoms with Gasteiger partial charge >= 0.3 is 0 Å². The maximum absolute atomic E-state index is 13.0. The van der Waals surface area contributed by atoms with Crippen LogP contribution in [-0.2, 0) is 6.42 Å². The van der Waals surface area contributed by atoms with E-state index in [2.05, 4.69) is 33.0 Å². The Bertz CT molecular complexity index is 1060. The number of fused-ring (bicyclic) bond motifs is 2. The van der Waals surface area contributed by atoms with E-state index in [0.717, 1.165) is 42.3 Å². The molecular formula is C21H17N3O3S2. The topological polar surface area (TPSA) is 80.2 Å². The average Bonchev–Trinajstić information content (AvgIpc) is 3.41. The third kappa shape index (κ3) is 3.22. The van der Waals surface area contributed by atoms with Crippen LogP contribution in [0, 0.1) is 5.92 Å². The maximum Gasteiger partial charge on any atom is 0.263 e. The van der Waals surface area contributed by atoms with Crippen LogP contribution in [0.2, 0.25) is 0 Å². The molecule has 1 aliphatic heterocycles. The highest BCUT2D eigenvalue weighted by molar-refractivity contribution is 7.16. The minimum atomic E-state index is -0.319. The van der Waals surface area contributed by atoms with E-state index >= 15 is 0 Å². The van der Waals surface area contributed by atoms with Gasteiger partial charge in [-0.3, -0.25) is 14.4 Å². The first-order chi connectivity index (χ1) is 14.1. The lowest BCUT2D eigenvalue weighted by atomic mass is 9.90. The Labute approximate surface area is 175 Å². The van der Waals surface area contributed by atoms with Crippen LogP contribution in [0.3, 0.4) is 0 Å². The largest absolute Gasteiger partial charge is 0.338 e. The molecule has 8 heteroatoms. The fourth-order valence-corrected chi connectivity index (χ4v) is 5.61. The molecule has 0 atom stereocenters. The van der Waals surface area contributed by atoms with E-state index in [-0.39, 0.29) is 34.4 Å². The number of likely N-dealkylation sites (tertiary alicyclic amines) is 1. The van der Waals surface area contributed by atoms with Gasteiger partial charge < -0.3 is 4.90 Å². The van der Waals surface area contributed by atoms with Crippen molar-refractivity contribution in [2.24, 2.45) is 5.92 Å². The van der Waals surface area contributed by atoms with Crippen molar-refractivity contribution in [2.75, 3.05) is 13.1 Å². The molecule has 0 radical (unpaired) electrons. The Morgan fingerprint density at radius 3 is 2.45 bits per heavy atom. The fraction of sp³-hybridized carbons (Fsp3) is 0.286. The number of benzene rings is 1. The van der Waals surface area contributed by atoms with Crippen LogP contribution in [0.1, 0.15) is 59.5 Å². The van der Waals surface area contributed by atoms with Gasteiger partial charge in [-0.25, -0.2) is 0 Å². The SMILES string of the molecule is O=C1c2cc(C(=O)N3CCC(Cc4ccccc4)CC3)sc2C(=O)c2nsnc21. The van der Waals surface area contributed by atoms with Crippen LogP contribution in [0.25, 0.3) is 0 Å². The van der Waals surface area contributed by atoms with E-state index in [4.69, 9.17) is 0 Å².